The van der Waals surface area contributed by atoms with Gasteiger partial charge in [-0.1, -0.05) is 61.7 Å². The van der Waals surface area contributed by atoms with Gasteiger partial charge in [-0.25, -0.2) is 4.98 Å². The standard InChI is InChI=1S/C32H21Br3ClN3O4/c1-2-41-28-12-18(11-25(35)30(28)42-17-19-7-8-21(33)15-24(19)34)16-37-39-31(38-26-6-4-3-5-23(26)32(39)40)29-14-20-13-22(36)9-10-27(20)43-29/h3-16H,2,17H2,1H3. The summed E-state index contributed by atoms with van der Waals surface area (Å²) >= 11 is 16.9. The second kappa shape index (κ2) is 12.7. The van der Waals surface area contributed by atoms with Crippen molar-refractivity contribution in [2.24, 2.45) is 5.10 Å². The smallest absolute Gasteiger partial charge is 0.282 e. The number of aromatic nitrogens is 2. The molecule has 0 radical (unpaired) electrons. The van der Waals surface area contributed by atoms with E-state index in [1.54, 1.807) is 48.7 Å². The summed E-state index contributed by atoms with van der Waals surface area (Å²) in [4.78, 5) is 18.4. The second-order valence-corrected chi connectivity index (χ2v) is 12.5. The Kier molecular flexibility index (Phi) is 8.72. The molecule has 6 aromatic rings. The molecule has 0 aliphatic carbocycles. The predicted molar refractivity (Wildman–Crippen MR) is 181 cm³/mol. The molecule has 11 heteroatoms. The van der Waals surface area contributed by atoms with Gasteiger partial charge < -0.3 is 13.9 Å². The molecule has 0 bridgehead atoms. The molecule has 0 spiro atoms. The molecule has 7 nitrogen and oxygen atoms in total. The van der Waals surface area contributed by atoms with Gasteiger partial charge in [0.25, 0.3) is 5.56 Å². The van der Waals surface area contributed by atoms with Crippen LogP contribution in [0.5, 0.6) is 11.5 Å². The van der Waals surface area contributed by atoms with E-state index in [9.17, 15) is 4.79 Å². The quantitative estimate of drug-likeness (QED) is 0.144. The first-order chi connectivity index (χ1) is 20.8. The lowest BCUT2D eigenvalue weighted by Crippen LogP contribution is -2.20. The minimum absolute atomic E-state index is 0.261. The normalized spacial score (nSPS) is 11.6. The Hall–Kier alpha value is -3.44. The highest BCUT2D eigenvalue weighted by atomic mass is 79.9. The highest BCUT2D eigenvalue weighted by molar-refractivity contribution is 9.11. The summed E-state index contributed by atoms with van der Waals surface area (Å²) < 4.78 is 22.0. The molecular weight excluding hydrogens is 766 g/mol. The van der Waals surface area contributed by atoms with E-state index in [4.69, 9.17) is 30.5 Å². The van der Waals surface area contributed by atoms with E-state index in [1.165, 1.54) is 4.68 Å². The van der Waals surface area contributed by atoms with Gasteiger partial charge in [0.05, 0.1) is 28.2 Å². The first-order valence-electron chi connectivity index (χ1n) is 13.1. The summed E-state index contributed by atoms with van der Waals surface area (Å²) in [6.45, 7) is 2.65. The Bertz CT molecular complexity index is 2090. The minimum Gasteiger partial charge on any atom is -0.490 e. The van der Waals surface area contributed by atoms with Crippen molar-refractivity contribution in [3.05, 3.63) is 119 Å². The first-order valence-corrected chi connectivity index (χ1v) is 15.8. The largest absolute Gasteiger partial charge is 0.490 e. The second-order valence-electron chi connectivity index (χ2n) is 9.39. The maximum Gasteiger partial charge on any atom is 0.282 e. The number of rotatable bonds is 8. The van der Waals surface area contributed by atoms with Crippen molar-refractivity contribution in [3.8, 4) is 23.1 Å². The molecule has 0 aliphatic heterocycles. The Morgan fingerprint density at radius 3 is 2.63 bits per heavy atom. The van der Waals surface area contributed by atoms with Crippen LogP contribution in [0.2, 0.25) is 5.02 Å². The summed E-state index contributed by atoms with van der Waals surface area (Å²) in [5.41, 5.74) is 2.47. The Morgan fingerprint density at radius 2 is 1.81 bits per heavy atom. The van der Waals surface area contributed by atoms with Gasteiger partial charge >= 0.3 is 0 Å². The van der Waals surface area contributed by atoms with Gasteiger partial charge in [0, 0.05) is 24.9 Å². The van der Waals surface area contributed by atoms with Crippen LogP contribution in [-0.4, -0.2) is 22.5 Å². The monoisotopic (exact) mass is 783 g/mol. The zero-order valence-electron chi connectivity index (χ0n) is 22.5. The van der Waals surface area contributed by atoms with Gasteiger partial charge in [-0.3, -0.25) is 4.79 Å². The van der Waals surface area contributed by atoms with Crippen molar-refractivity contribution in [1.82, 2.24) is 9.66 Å². The van der Waals surface area contributed by atoms with Crippen LogP contribution in [0.4, 0.5) is 0 Å². The first kappa shape index (κ1) is 29.6. The van der Waals surface area contributed by atoms with Crippen molar-refractivity contribution >= 4 is 87.5 Å². The van der Waals surface area contributed by atoms with Crippen LogP contribution in [0.15, 0.2) is 107 Å². The third-order valence-electron chi connectivity index (χ3n) is 6.49. The third kappa shape index (κ3) is 6.28. The molecule has 2 aromatic heterocycles. The fourth-order valence-electron chi connectivity index (χ4n) is 4.49. The highest BCUT2D eigenvalue weighted by Gasteiger charge is 2.18. The number of halogens is 4. The lowest BCUT2D eigenvalue weighted by atomic mass is 10.2. The SMILES string of the molecule is CCOc1cc(C=Nn2c(-c3cc4cc(Cl)ccc4o3)nc3ccccc3c2=O)cc(Br)c1OCc1ccc(Br)cc1Br. The van der Waals surface area contributed by atoms with Gasteiger partial charge in [-0.2, -0.15) is 9.78 Å². The molecule has 2 heterocycles. The maximum atomic E-state index is 13.7. The molecule has 4 aromatic carbocycles. The summed E-state index contributed by atoms with van der Waals surface area (Å²) in [6, 6.07) is 23.8. The molecule has 216 valence electrons. The van der Waals surface area contributed by atoms with Crippen LogP contribution >= 0.6 is 59.4 Å². The Morgan fingerprint density at radius 1 is 0.977 bits per heavy atom. The molecule has 0 fully saturated rings. The molecule has 43 heavy (non-hydrogen) atoms. The molecule has 0 unspecified atom stereocenters. The summed E-state index contributed by atoms with van der Waals surface area (Å²) in [6.07, 6.45) is 1.57. The maximum absolute atomic E-state index is 13.7. The van der Waals surface area contributed by atoms with E-state index in [2.05, 4.69) is 52.9 Å². The van der Waals surface area contributed by atoms with Crippen molar-refractivity contribution in [2.45, 2.75) is 13.5 Å². The van der Waals surface area contributed by atoms with Gasteiger partial charge in [0.15, 0.2) is 17.3 Å². The average Bonchev–Trinajstić information content (AvgIpc) is 3.40. The number of ether oxygens (including phenoxy) is 2. The van der Waals surface area contributed by atoms with Crippen LogP contribution in [-0.2, 0) is 6.61 Å². The summed E-state index contributed by atoms with van der Waals surface area (Å²) in [5, 5.41) is 6.38. The van der Waals surface area contributed by atoms with Crippen LogP contribution in [0.25, 0.3) is 33.5 Å². The van der Waals surface area contributed by atoms with E-state index < -0.39 is 0 Å². The van der Waals surface area contributed by atoms with Crippen LogP contribution < -0.4 is 15.0 Å². The van der Waals surface area contributed by atoms with Crippen LogP contribution in [0.1, 0.15) is 18.1 Å². The zero-order chi connectivity index (χ0) is 30.1. The van der Waals surface area contributed by atoms with Gasteiger partial charge in [0.2, 0.25) is 5.82 Å². The minimum atomic E-state index is -0.334. The lowest BCUT2D eigenvalue weighted by molar-refractivity contribution is 0.267. The number of hydrogen-bond donors (Lipinski definition) is 0. The predicted octanol–water partition coefficient (Wildman–Crippen LogP) is 9.61. The van der Waals surface area contributed by atoms with E-state index in [1.807, 2.05) is 43.3 Å². The molecule has 0 N–H and O–H groups in total. The number of fused-ring (bicyclic) bond motifs is 2. The lowest BCUT2D eigenvalue weighted by Gasteiger charge is -2.15. The molecule has 0 saturated carbocycles. The fourth-order valence-corrected chi connectivity index (χ4v) is 6.41. The van der Waals surface area contributed by atoms with Gasteiger partial charge in [0.1, 0.15) is 12.2 Å². The highest BCUT2D eigenvalue weighted by Crippen LogP contribution is 2.38. The zero-order valence-corrected chi connectivity index (χ0v) is 28.0. The van der Waals surface area contributed by atoms with E-state index in [0.29, 0.717) is 62.0 Å². The van der Waals surface area contributed by atoms with Crippen molar-refractivity contribution in [2.75, 3.05) is 6.61 Å². The Labute approximate surface area is 276 Å². The van der Waals surface area contributed by atoms with Gasteiger partial charge in [-0.15, -0.1) is 0 Å². The molecule has 6 rings (SSSR count). The topological polar surface area (TPSA) is 78.9 Å². The van der Waals surface area contributed by atoms with Crippen molar-refractivity contribution < 1.29 is 13.9 Å². The van der Waals surface area contributed by atoms with Crippen LogP contribution in [0, 0.1) is 0 Å². The van der Waals surface area contributed by atoms with Crippen LogP contribution in [0.3, 0.4) is 0 Å². The number of furan rings is 1. The van der Waals surface area contributed by atoms with Crippen molar-refractivity contribution in [3.63, 3.8) is 0 Å². The van der Waals surface area contributed by atoms with E-state index >= 15 is 0 Å². The van der Waals surface area contributed by atoms with Crippen molar-refractivity contribution in [1.29, 1.82) is 0 Å². The molecule has 0 amide bonds. The fraction of sp³-hybridized carbons (Fsp3) is 0.0938. The Balaban J connectivity index is 1.40. The number of para-hydroxylation sites is 1. The van der Waals surface area contributed by atoms with E-state index in [-0.39, 0.29) is 11.4 Å². The molecule has 0 saturated heterocycles. The summed E-state index contributed by atoms with van der Waals surface area (Å²) in [5.74, 6) is 1.73. The molecular formula is C32H21Br3ClN3O4. The van der Waals surface area contributed by atoms with Gasteiger partial charge in [-0.05, 0) is 89.1 Å². The number of benzene rings is 4. The molecule has 0 aliphatic rings. The van der Waals surface area contributed by atoms with E-state index in [0.717, 1.165) is 19.9 Å². The average molecular weight is 787 g/mol. The number of hydrogen-bond acceptors (Lipinski definition) is 6. The third-order valence-corrected chi connectivity index (χ3v) is 8.55. The molecule has 0 atom stereocenters. The summed E-state index contributed by atoms with van der Waals surface area (Å²) in [7, 11) is 0. The number of nitrogens with zero attached hydrogens (tertiary/aromatic N) is 3.